The molecule has 7 atom stereocenters. The molecule has 1 aliphatic rings. The third-order valence-electron chi connectivity index (χ3n) is 4.96. The van der Waals surface area contributed by atoms with Crippen LogP contribution in [0.3, 0.4) is 0 Å². The first-order valence-corrected chi connectivity index (χ1v) is 9.35. The molecule has 5 unspecified atom stereocenters. The Morgan fingerprint density at radius 3 is 1.97 bits per heavy atom. The maximum Gasteiger partial charge on any atom is 0.382 e. The summed E-state index contributed by atoms with van der Waals surface area (Å²) < 4.78 is 41.2. The summed E-state index contributed by atoms with van der Waals surface area (Å²) in [7, 11) is 0.999. The summed E-state index contributed by atoms with van der Waals surface area (Å²) in [5.41, 5.74) is 0. The molecule has 1 rings (SSSR count). The number of hydrogen-bond acceptors (Lipinski definition) is 9. The van der Waals surface area contributed by atoms with Crippen molar-refractivity contribution in [2.24, 2.45) is 11.8 Å². The highest BCUT2D eigenvalue weighted by molar-refractivity contribution is 5.82. The minimum Gasteiger partial charge on any atom is -0.464 e. The lowest BCUT2D eigenvalue weighted by Crippen LogP contribution is -2.66. The van der Waals surface area contributed by atoms with E-state index in [4.69, 9.17) is 18.9 Å². The lowest BCUT2D eigenvalue weighted by Gasteiger charge is -2.48. The van der Waals surface area contributed by atoms with Gasteiger partial charge in [0, 0.05) is 20.8 Å². The Kier molecular flexibility index (Phi) is 8.55. The first-order valence-electron chi connectivity index (χ1n) is 9.35. The van der Waals surface area contributed by atoms with Gasteiger partial charge in [-0.05, 0) is 18.3 Å². The molecule has 0 aromatic rings. The van der Waals surface area contributed by atoms with Gasteiger partial charge in [0.15, 0.2) is 12.3 Å². The number of rotatable bonds is 7. The van der Waals surface area contributed by atoms with E-state index in [1.165, 1.54) is 13.8 Å². The molecule has 0 amide bonds. The zero-order chi connectivity index (χ0) is 22.5. The maximum absolute atomic E-state index is 15.2. The highest BCUT2D eigenvalue weighted by Crippen LogP contribution is 2.43. The molecule has 0 N–H and O–H groups in total. The third kappa shape index (κ3) is 5.43. The molecule has 1 aliphatic heterocycles. The molecule has 0 aliphatic carbocycles. The van der Waals surface area contributed by atoms with Gasteiger partial charge in [-0.3, -0.25) is 14.4 Å². The van der Waals surface area contributed by atoms with Crippen molar-refractivity contribution >= 4 is 23.9 Å². The maximum atomic E-state index is 15.2. The van der Waals surface area contributed by atoms with Crippen molar-refractivity contribution in [3.8, 4) is 0 Å². The molecule has 0 bridgehead atoms. The summed E-state index contributed by atoms with van der Waals surface area (Å²) >= 11 is 0. The molecule has 9 nitrogen and oxygen atoms in total. The second kappa shape index (κ2) is 10.00. The first-order chi connectivity index (χ1) is 13.4. The largest absolute Gasteiger partial charge is 0.464 e. The van der Waals surface area contributed by atoms with Crippen molar-refractivity contribution < 1.29 is 47.3 Å². The van der Waals surface area contributed by atoms with Crippen LogP contribution in [0.15, 0.2) is 0 Å². The lowest BCUT2D eigenvalue weighted by atomic mass is 9.77. The van der Waals surface area contributed by atoms with Gasteiger partial charge in [0.1, 0.15) is 12.2 Å². The molecule has 166 valence electrons. The van der Waals surface area contributed by atoms with Crippen LogP contribution in [-0.2, 0) is 42.9 Å². The van der Waals surface area contributed by atoms with Gasteiger partial charge in [-0.15, -0.1) is 0 Å². The van der Waals surface area contributed by atoms with Crippen molar-refractivity contribution in [3.05, 3.63) is 0 Å². The SMILES string of the molecule is CC[C@@H](OC(C)=O)[C@@H](OC(C)=O)C1OC(OC(C)=O)(C(=O)OC)C(F)C(C)C1C. The van der Waals surface area contributed by atoms with E-state index in [0.717, 1.165) is 21.0 Å². The third-order valence-corrected chi connectivity index (χ3v) is 4.96. The Morgan fingerprint density at radius 1 is 1.00 bits per heavy atom. The number of ether oxygens (including phenoxy) is 5. The summed E-state index contributed by atoms with van der Waals surface area (Å²) in [5, 5.41) is 0. The number of hydrogen-bond donors (Lipinski definition) is 0. The van der Waals surface area contributed by atoms with Gasteiger partial charge in [0.2, 0.25) is 0 Å². The van der Waals surface area contributed by atoms with Gasteiger partial charge in [0.05, 0.1) is 7.11 Å². The van der Waals surface area contributed by atoms with Gasteiger partial charge in [-0.1, -0.05) is 20.8 Å². The Bertz CT molecular complexity index is 637. The van der Waals surface area contributed by atoms with Gasteiger partial charge < -0.3 is 23.7 Å². The standard InChI is InChI=1S/C19H29FO9/c1-8-14(26-11(4)21)16(27-12(5)22)15-9(2)10(3)17(20)19(29-15,18(24)25-7)28-13(6)23/h9-10,14-17H,8H2,1-7H3/t9?,10?,14-,15?,16-,17?,19?/m1/s1. The first kappa shape index (κ1) is 24.8. The van der Waals surface area contributed by atoms with E-state index in [-0.39, 0.29) is 6.42 Å². The van der Waals surface area contributed by atoms with Crippen molar-refractivity contribution in [1.82, 2.24) is 0 Å². The van der Waals surface area contributed by atoms with Crippen molar-refractivity contribution in [2.75, 3.05) is 7.11 Å². The zero-order valence-electron chi connectivity index (χ0n) is 17.7. The highest BCUT2D eigenvalue weighted by Gasteiger charge is 2.63. The average molecular weight is 420 g/mol. The van der Waals surface area contributed by atoms with Gasteiger partial charge in [0.25, 0.3) is 0 Å². The lowest BCUT2D eigenvalue weighted by molar-refractivity contribution is -0.324. The number of alkyl halides is 1. The predicted molar refractivity (Wildman–Crippen MR) is 96.0 cm³/mol. The molecule has 29 heavy (non-hydrogen) atoms. The van der Waals surface area contributed by atoms with Crippen LogP contribution in [0.1, 0.15) is 48.0 Å². The van der Waals surface area contributed by atoms with Crippen LogP contribution in [0.25, 0.3) is 0 Å². The van der Waals surface area contributed by atoms with E-state index < -0.39 is 66.0 Å². The fourth-order valence-electron chi connectivity index (χ4n) is 3.43. The minimum absolute atomic E-state index is 0.246. The van der Waals surface area contributed by atoms with E-state index in [0.29, 0.717) is 0 Å². The number of esters is 4. The predicted octanol–water partition coefficient (Wildman–Crippen LogP) is 1.70. The topological polar surface area (TPSA) is 114 Å². The van der Waals surface area contributed by atoms with E-state index in [9.17, 15) is 19.2 Å². The molecule has 1 saturated heterocycles. The second-order valence-electron chi connectivity index (χ2n) is 7.09. The molecule has 0 aromatic heterocycles. The Hall–Kier alpha value is -2.23. The number of methoxy groups -OCH3 is 1. The Labute approximate surface area is 169 Å². The summed E-state index contributed by atoms with van der Waals surface area (Å²) in [5.74, 6) is -7.66. The Balaban J connectivity index is 3.49. The van der Waals surface area contributed by atoms with Gasteiger partial charge in [-0.25, -0.2) is 9.18 Å². The molecular formula is C19H29FO9. The number of halogens is 1. The molecule has 10 heteroatoms. The van der Waals surface area contributed by atoms with E-state index in [1.54, 1.807) is 13.8 Å². The van der Waals surface area contributed by atoms with Crippen molar-refractivity contribution in [2.45, 2.75) is 78.2 Å². The van der Waals surface area contributed by atoms with Gasteiger partial charge in [-0.2, -0.15) is 0 Å². The quantitative estimate of drug-likeness (QED) is 0.448. The van der Waals surface area contributed by atoms with Crippen LogP contribution in [0.4, 0.5) is 4.39 Å². The fourth-order valence-corrected chi connectivity index (χ4v) is 3.43. The van der Waals surface area contributed by atoms with Crippen LogP contribution < -0.4 is 0 Å². The monoisotopic (exact) mass is 420 g/mol. The van der Waals surface area contributed by atoms with Crippen molar-refractivity contribution in [1.29, 1.82) is 0 Å². The van der Waals surface area contributed by atoms with E-state index in [1.807, 2.05) is 0 Å². The van der Waals surface area contributed by atoms with E-state index in [2.05, 4.69) is 4.74 Å². The van der Waals surface area contributed by atoms with Crippen molar-refractivity contribution in [3.63, 3.8) is 0 Å². The molecule has 0 aromatic carbocycles. The summed E-state index contributed by atoms with van der Waals surface area (Å²) in [6, 6.07) is 0. The smallest absolute Gasteiger partial charge is 0.382 e. The molecule has 0 saturated carbocycles. The molecular weight excluding hydrogens is 391 g/mol. The van der Waals surface area contributed by atoms with E-state index >= 15 is 4.39 Å². The van der Waals surface area contributed by atoms with Gasteiger partial charge >= 0.3 is 29.7 Å². The average Bonchev–Trinajstić information content (AvgIpc) is 2.63. The summed E-state index contributed by atoms with van der Waals surface area (Å²) in [6.07, 6.45) is -5.04. The fraction of sp³-hybridized carbons (Fsp3) is 0.789. The van der Waals surface area contributed by atoms with Crippen LogP contribution in [0.5, 0.6) is 0 Å². The summed E-state index contributed by atoms with van der Waals surface area (Å²) in [4.78, 5) is 47.3. The minimum atomic E-state index is -2.68. The highest BCUT2D eigenvalue weighted by atomic mass is 19.1. The Morgan fingerprint density at radius 2 is 1.55 bits per heavy atom. The number of carbonyl (C=O) groups excluding carboxylic acids is 4. The zero-order valence-corrected chi connectivity index (χ0v) is 17.7. The molecule has 1 heterocycles. The van der Waals surface area contributed by atoms with Crippen LogP contribution in [0.2, 0.25) is 0 Å². The van der Waals surface area contributed by atoms with Crippen LogP contribution in [0, 0.1) is 11.8 Å². The summed E-state index contributed by atoms with van der Waals surface area (Å²) in [6.45, 7) is 8.17. The second-order valence-corrected chi connectivity index (χ2v) is 7.09. The normalized spacial score (nSPS) is 31.2. The molecule has 0 spiro atoms. The van der Waals surface area contributed by atoms with Crippen LogP contribution in [-0.4, -0.2) is 61.3 Å². The molecule has 0 radical (unpaired) electrons. The van der Waals surface area contributed by atoms with Crippen LogP contribution >= 0.6 is 0 Å². The molecule has 1 fully saturated rings. The number of carbonyl (C=O) groups is 4.